The molecule has 1 aliphatic carbocycles. The molecule has 7 nitrogen and oxygen atoms in total. The summed E-state index contributed by atoms with van der Waals surface area (Å²) in [6, 6.07) is 35.5. The quantitative estimate of drug-likeness (QED) is 0.0998. The molecule has 0 saturated carbocycles. The lowest BCUT2D eigenvalue weighted by molar-refractivity contribution is -0.116. The van der Waals surface area contributed by atoms with Crippen molar-refractivity contribution in [2.75, 3.05) is 10.6 Å². The van der Waals surface area contributed by atoms with Crippen molar-refractivity contribution < 1.29 is 14.4 Å². The van der Waals surface area contributed by atoms with E-state index in [2.05, 4.69) is 28.9 Å². The van der Waals surface area contributed by atoms with Crippen molar-refractivity contribution >= 4 is 57.6 Å². The number of thioether (sulfide) groups is 1. The first-order chi connectivity index (χ1) is 24.3. The molecule has 4 aromatic carbocycles. The number of anilines is 2. The van der Waals surface area contributed by atoms with Crippen LogP contribution in [0.25, 0.3) is 6.08 Å². The van der Waals surface area contributed by atoms with E-state index in [9.17, 15) is 19.6 Å². The summed E-state index contributed by atoms with van der Waals surface area (Å²) in [7, 11) is 0. The average Bonchev–Trinajstić information content (AvgIpc) is 3.47. The van der Waals surface area contributed by atoms with Gasteiger partial charge in [-0.15, -0.1) is 23.1 Å². The molecule has 1 aliphatic rings. The smallest absolute Gasteiger partial charge is 0.272 e. The second-order valence-electron chi connectivity index (χ2n) is 12.3. The van der Waals surface area contributed by atoms with Crippen molar-refractivity contribution in [3.05, 3.63) is 153 Å². The molecule has 250 valence electrons. The van der Waals surface area contributed by atoms with Crippen LogP contribution < -0.4 is 16.0 Å². The minimum absolute atomic E-state index is 0.0867. The molecule has 9 heteroatoms. The Morgan fingerprint density at radius 2 is 1.64 bits per heavy atom. The molecule has 2 atom stereocenters. The highest BCUT2D eigenvalue weighted by atomic mass is 32.2. The van der Waals surface area contributed by atoms with Crippen LogP contribution in [0.1, 0.15) is 61.6 Å². The lowest BCUT2D eigenvalue weighted by Crippen LogP contribution is -2.30. The summed E-state index contributed by atoms with van der Waals surface area (Å²) in [5.74, 6) is -0.577. The van der Waals surface area contributed by atoms with E-state index < -0.39 is 17.1 Å². The zero-order valence-electron chi connectivity index (χ0n) is 27.7. The molecule has 5 aromatic rings. The number of fused-ring (bicyclic) bond motifs is 1. The number of rotatable bonds is 10. The summed E-state index contributed by atoms with van der Waals surface area (Å²) >= 11 is 2.86. The van der Waals surface area contributed by atoms with Gasteiger partial charge in [0.15, 0.2) is 0 Å². The number of carbonyl (C=O) groups is 3. The van der Waals surface area contributed by atoms with Crippen LogP contribution in [0.3, 0.4) is 0 Å². The van der Waals surface area contributed by atoms with Crippen LogP contribution in [0.5, 0.6) is 0 Å². The Bertz CT molecular complexity index is 2080. The topological polar surface area (TPSA) is 111 Å². The van der Waals surface area contributed by atoms with Gasteiger partial charge in [-0.1, -0.05) is 91.3 Å². The fraction of sp³-hybridized carbons (Fsp3) is 0.171. The Hall–Kier alpha value is -5.43. The molecule has 50 heavy (non-hydrogen) atoms. The predicted octanol–water partition coefficient (Wildman–Crippen LogP) is 8.93. The van der Waals surface area contributed by atoms with Crippen molar-refractivity contribution in [1.29, 1.82) is 5.26 Å². The number of nitriles is 1. The molecule has 3 amide bonds. The van der Waals surface area contributed by atoms with Crippen molar-refractivity contribution in [1.82, 2.24) is 5.32 Å². The molecule has 3 N–H and O–H groups in total. The van der Waals surface area contributed by atoms with Crippen LogP contribution >= 0.6 is 23.1 Å². The van der Waals surface area contributed by atoms with Crippen LogP contribution in [0, 0.1) is 24.2 Å². The van der Waals surface area contributed by atoms with Gasteiger partial charge in [-0.3, -0.25) is 14.4 Å². The Morgan fingerprint density at radius 3 is 2.36 bits per heavy atom. The van der Waals surface area contributed by atoms with Gasteiger partial charge in [-0.25, -0.2) is 0 Å². The average molecular weight is 697 g/mol. The summed E-state index contributed by atoms with van der Waals surface area (Å²) < 4.78 is 0. The van der Waals surface area contributed by atoms with E-state index >= 15 is 0 Å². The van der Waals surface area contributed by atoms with Gasteiger partial charge in [0.05, 0.1) is 5.56 Å². The van der Waals surface area contributed by atoms with Gasteiger partial charge in [-0.05, 0) is 85.2 Å². The third kappa shape index (κ3) is 8.40. The number of carbonyl (C=O) groups excluding carboxylic acids is 3. The standard InChI is InChI=1S/C41H36N4O3S2/c1-26-16-19-28(20-17-26)23-35(44-38(46)30-12-7-4-8-13-30)39(47)43-31-14-9-15-32(24-31)49-37(29-10-5-3-6-11-29)40(48)45-41-34(25-42)33-21-18-27(2)22-36(33)50-41/h3-17,19-20,23-24,27,37H,18,21-22H2,1-2H3,(H,43,47)(H,44,46)(H,45,48)/b35-23+. The summed E-state index contributed by atoms with van der Waals surface area (Å²) in [6.45, 7) is 4.20. The lowest BCUT2D eigenvalue weighted by Gasteiger charge is -2.18. The minimum atomic E-state index is -0.631. The molecule has 1 heterocycles. The maximum Gasteiger partial charge on any atom is 0.272 e. The molecule has 0 radical (unpaired) electrons. The van der Waals surface area contributed by atoms with Crippen molar-refractivity contribution in [3.63, 3.8) is 0 Å². The first-order valence-electron chi connectivity index (χ1n) is 16.4. The van der Waals surface area contributed by atoms with E-state index in [-0.39, 0.29) is 11.6 Å². The number of aryl methyl sites for hydroxylation is 1. The predicted molar refractivity (Wildman–Crippen MR) is 202 cm³/mol. The highest BCUT2D eigenvalue weighted by molar-refractivity contribution is 8.00. The Labute approximate surface area is 300 Å². The molecule has 6 rings (SSSR count). The van der Waals surface area contributed by atoms with E-state index in [0.29, 0.717) is 27.7 Å². The maximum absolute atomic E-state index is 14.0. The maximum atomic E-state index is 14.0. The monoisotopic (exact) mass is 696 g/mol. The first-order valence-corrected chi connectivity index (χ1v) is 18.1. The van der Waals surface area contributed by atoms with Crippen LogP contribution in [-0.4, -0.2) is 17.7 Å². The molecule has 0 aliphatic heterocycles. The van der Waals surface area contributed by atoms with E-state index in [1.165, 1.54) is 28.0 Å². The van der Waals surface area contributed by atoms with Gasteiger partial charge >= 0.3 is 0 Å². The van der Waals surface area contributed by atoms with Crippen molar-refractivity contribution in [3.8, 4) is 6.07 Å². The molecule has 0 bridgehead atoms. The first kappa shape index (κ1) is 34.4. The number of amides is 3. The second-order valence-corrected chi connectivity index (χ2v) is 14.6. The Morgan fingerprint density at radius 1 is 0.920 bits per heavy atom. The molecule has 0 fully saturated rings. The van der Waals surface area contributed by atoms with Crippen LogP contribution in [0.2, 0.25) is 0 Å². The SMILES string of the molecule is Cc1ccc(/C=C(/NC(=O)c2ccccc2)C(=O)Nc2cccc(SC(C(=O)Nc3sc4c(c3C#N)CCC(C)C4)c3ccccc3)c2)cc1. The number of nitrogens with one attached hydrogen (secondary N) is 3. The van der Waals surface area contributed by atoms with E-state index in [1.807, 2.05) is 79.7 Å². The Balaban J connectivity index is 1.23. The number of hydrogen-bond acceptors (Lipinski definition) is 6. The van der Waals surface area contributed by atoms with Crippen LogP contribution in [0.15, 0.2) is 120 Å². The summed E-state index contributed by atoms with van der Waals surface area (Å²) in [6.07, 6.45) is 4.43. The van der Waals surface area contributed by atoms with Gasteiger partial charge in [-0.2, -0.15) is 5.26 Å². The van der Waals surface area contributed by atoms with Crippen molar-refractivity contribution in [2.45, 2.75) is 43.3 Å². The zero-order valence-corrected chi connectivity index (χ0v) is 29.4. The summed E-state index contributed by atoms with van der Waals surface area (Å²) in [5.41, 5.74) is 5.30. The van der Waals surface area contributed by atoms with Gasteiger partial charge in [0.25, 0.3) is 11.8 Å². The molecular weight excluding hydrogens is 661 g/mol. The van der Waals surface area contributed by atoms with Gasteiger partial charge in [0.1, 0.15) is 22.0 Å². The lowest BCUT2D eigenvalue weighted by atomic mass is 9.88. The molecule has 0 spiro atoms. The molecular formula is C41H36N4O3S2. The van der Waals surface area contributed by atoms with Crippen LogP contribution in [0.4, 0.5) is 10.7 Å². The summed E-state index contributed by atoms with van der Waals surface area (Å²) in [4.78, 5) is 42.7. The number of thiophene rings is 1. The fourth-order valence-electron chi connectivity index (χ4n) is 5.79. The number of benzene rings is 4. The van der Waals surface area contributed by atoms with Gasteiger partial charge in [0, 0.05) is 21.0 Å². The zero-order chi connectivity index (χ0) is 35.0. The largest absolute Gasteiger partial charge is 0.321 e. The van der Waals surface area contributed by atoms with E-state index in [1.54, 1.807) is 42.5 Å². The normalized spacial score (nSPS) is 14.5. The number of nitrogens with zero attached hydrogens (tertiary/aromatic N) is 1. The fourth-order valence-corrected chi connectivity index (χ4v) is 8.24. The van der Waals surface area contributed by atoms with Crippen molar-refractivity contribution in [2.24, 2.45) is 5.92 Å². The highest BCUT2D eigenvalue weighted by Crippen LogP contribution is 2.42. The van der Waals surface area contributed by atoms with E-state index in [4.69, 9.17) is 0 Å². The van der Waals surface area contributed by atoms with E-state index in [0.717, 1.165) is 46.4 Å². The molecule has 0 saturated heterocycles. The Kier molecular flexibility index (Phi) is 10.9. The minimum Gasteiger partial charge on any atom is -0.321 e. The molecule has 2 unspecified atom stereocenters. The van der Waals surface area contributed by atoms with Gasteiger partial charge < -0.3 is 16.0 Å². The van der Waals surface area contributed by atoms with Crippen LogP contribution in [-0.2, 0) is 22.4 Å². The number of hydrogen-bond donors (Lipinski definition) is 3. The summed E-state index contributed by atoms with van der Waals surface area (Å²) in [5, 5.41) is 18.8. The third-order valence-corrected chi connectivity index (χ3v) is 10.9. The highest BCUT2D eigenvalue weighted by Gasteiger charge is 2.28. The third-order valence-electron chi connectivity index (χ3n) is 8.46. The molecule has 1 aromatic heterocycles. The van der Waals surface area contributed by atoms with Gasteiger partial charge in [0.2, 0.25) is 5.91 Å². The second kappa shape index (κ2) is 15.9.